The fraction of sp³-hybridized carbons (Fsp3) is 0.250. The van der Waals surface area contributed by atoms with E-state index in [0.29, 0.717) is 29.6 Å². The molecule has 1 fully saturated rings. The summed E-state index contributed by atoms with van der Waals surface area (Å²) in [6.45, 7) is 0. The molecule has 0 radical (unpaired) electrons. The van der Waals surface area contributed by atoms with Crippen LogP contribution in [0.2, 0.25) is 0 Å². The van der Waals surface area contributed by atoms with E-state index in [9.17, 15) is 0 Å². The maximum absolute atomic E-state index is 2.78. The van der Waals surface area contributed by atoms with Gasteiger partial charge in [0.1, 0.15) is 0 Å². The van der Waals surface area contributed by atoms with Crippen molar-refractivity contribution >= 4 is 93.1 Å². The Morgan fingerprint density at radius 2 is 1.23 bits per heavy atom. The Morgan fingerprint density at radius 1 is 0.500 bits per heavy atom. The Morgan fingerprint density at radius 3 is 2.20 bits per heavy atom. The van der Waals surface area contributed by atoms with E-state index in [1.165, 1.54) is 19.3 Å². The Kier molecular flexibility index (Phi) is 1.67. The molecule has 8 aromatic rings. The molecule has 9 aliphatic carbocycles. The van der Waals surface area contributed by atoms with Crippen LogP contribution >= 0.6 is 0 Å². The first-order valence-corrected chi connectivity index (χ1v) is 15.9. The molecule has 8 aromatic carbocycles. The highest BCUT2D eigenvalue weighted by molar-refractivity contribution is 6.52. The third-order valence-corrected chi connectivity index (χ3v) is 15.1. The van der Waals surface area contributed by atoms with Gasteiger partial charge in [-0.3, -0.25) is 0 Å². The molecular weight excluding hydrogens is 480 g/mol. The second-order valence-electron chi connectivity index (χ2n) is 15.6. The summed E-state index contributed by atoms with van der Waals surface area (Å²) in [7, 11) is 0. The van der Waals surface area contributed by atoms with E-state index in [2.05, 4.69) is 30.4 Å². The van der Waals surface area contributed by atoms with Crippen LogP contribution in [0.4, 0.5) is 0 Å². The highest BCUT2D eigenvalue weighted by Crippen LogP contribution is 2.73. The van der Waals surface area contributed by atoms with E-state index in [1.807, 2.05) is 16.7 Å². The van der Waals surface area contributed by atoms with Crippen molar-refractivity contribution in [2.24, 2.45) is 17.8 Å². The van der Waals surface area contributed by atoms with Gasteiger partial charge in [-0.15, -0.1) is 0 Å². The molecule has 0 nitrogen and oxygen atoms in total. The van der Waals surface area contributed by atoms with Gasteiger partial charge in [-0.1, -0.05) is 24.3 Å². The van der Waals surface area contributed by atoms with Gasteiger partial charge in [0, 0.05) is 17.8 Å². The van der Waals surface area contributed by atoms with Gasteiger partial charge in [0.05, 0.1) is 0 Å². The number of hydrogen-bond donors (Lipinski definition) is 0. The quantitative estimate of drug-likeness (QED) is 0.163. The Hall–Kier alpha value is -3.90. The standard InChI is InChI=1S/C40H18/c1-9-2-12-6-17-18-8-14-4-10-3-13-7-16-15-5-11(1)19-25(15)33-26(16)21(13)31-24(10)32-22(14)28(18)34-27(17)20(12)30-23(9)29(19)35-36(30)40(34)38(32)37(31)39(33)35/h1-5,14-18,25,28H,6-8H2. The summed E-state index contributed by atoms with van der Waals surface area (Å²) in [6, 6.07) is 8.04. The van der Waals surface area contributed by atoms with Crippen LogP contribution in [0, 0.1) is 17.8 Å². The van der Waals surface area contributed by atoms with Gasteiger partial charge in [-0.2, -0.15) is 0 Å². The Labute approximate surface area is 226 Å². The molecule has 0 heterocycles. The van der Waals surface area contributed by atoms with Crippen LogP contribution in [0.1, 0.15) is 69.0 Å². The van der Waals surface area contributed by atoms with Crippen molar-refractivity contribution in [2.75, 3.05) is 0 Å². The molecule has 178 valence electrons. The van der Waals surface area contributed by atoms with Crippen LogP contribution < -0.4 is 15.7 Å². The summed E-state index contributed by atoms with van der Waals surface area (Å²) in [5.41, 5.74) is 14.3. The van der Waals surface area contributed by atoms with Gasteiger partial charge in [0.25, 0.3) is 0 Å². The van der Waals surface area contributed by atoms with Crippen LogP contribution in [-0.4, -0.2) is 0 Å². The molecule has 0 spiro atoms. The molecule has 0 saturated heterocycles. The molecule has 7 unspecified atom stereocenters. The van der Waals surface area contributed by atoms with Crippen LogP contribution in [-0.2, 0) is 12.8 Å². The fourth-order valence-corrected chi connectivity index (χ4v) is 14.7. The molecule has 7 atom stereocenters. The Bertz CT molecular complexity index is 3090. The van der Waals surface area contributed by atoms with Crippen molar-refractivity contribution in [2.45, 2.75) is 42.9 Å². The maximum Gasteiger partial charge on any atom is 0.0180 e. The van der Waals surface area contributed by atoms with Crippen molar-refractivity contribution < 1.29 is 0 Å². The zero-order valence-electron chi connectivity index (χ0n) is 21.5. The van der Waals surface area contributed by atoms with E-state index in [0.717, 1.165) is 11.8 Å². The summed E-state index contributed by atoms with van der Waals surface area (Å²) in [5.74, 6) is 4.84. The van der Waals surface area contributed by atoms with Crippen molar-refractivity contribution in [1.82, 2.24) is 0 Å². The number of benzene rings is 6. The third kappa shape index (κ3) is 1.06. The molecular formula is C40H18. The first-order valence-electron chi connectivity index (χ1n) is 15.9. The lowest BCUT2D eigenvalue weighted by atomic mass is 9.76. The summed E-state index contributed by atoms with van der Waals surface area (Å²) in [6.07, 6.45) is 9.48. The molecule has 9 aliphatic rings. The van der Waals surface area contributed by atoms with Gasteiger partial charge < -0.3 is 0 Å². The van der Waals surface area contributed by atoms with Gasteiger partial charge in [0.15, 0.2) is 0 Å². The van der Waals surface area contributed by atoms with Crippen LogP contribution in [0.25, 0.3) is 93.1 Å². The largest absolute Gasteiger partial charge is 0.0722 e. The van der Waals surface area contributed by atoms with Gasteiger partial charge in [0.2, 0.25) is 0 Å². The fourth-order valence-electron chi connectivity index (χ4n) is 14.7. The Balaban J connectivity index is 1.44. The zero-order chi connectivity index (χ0) is 24.1. The minimum Gasteiger partial charge on any atom is -0.0722 e. The molecule has 40 heavy (non-hydrogen) atoms. The second kappa shape index (κ2) is 4.07. The lowest BCUT2D eigenvalue weighted by Crippen LogP contribution is -2.25. The van der Waals surface area contributed by atoms with Crippen molar-refractivity contribution in [3.8, 4) is 0 Å². The smallest absolute Gasteiger partial charge is 0.0180 e. The van der Waals surface area contributed by atoms with Crippen molar-refractivity contribution in [3.63, 3.8) is 0 Å². The molecule has 1 saturated carbocycles. The third-order valence-electron chi connectivity index (χ3n) is 15.1. The number of rotatable bonds is 0. The van der Waals surface area contributed by atoms with E-state index in [-0.39, 0.29) is 0 Å². The summed E-state index contributed by atoms with van der Waals surface area (Å²) in [4.78, 5) is 0. The first kappa shape index (κ1) is 16.4. The van der Waals surface area contributed by atoms with E-state index >= 15 is 0 Å². The highest BCUT2D eigenvalue weighted by Gasteiger charge is 2.58. The topological polar surface area (TPSA) is 0 Å². The summed E-state index contributed by atoms with van der Waals surface area (Å²) >= 11 is 0. The van der Waals surface area contributed by atoms with Gasteiger partial charge >= 0.3 is 0 Å². The van der Waals surface area contributed by atoms with Gasteiger partial charge in [-0.25, -0.2) is 0 Å². The van der Waals surface area contributed by atoms with Crippen LogP contribution in [0.5, 0.6) is 0 Å². The van der Waals surface area contributed by atoms with Crippen molar-refractivity contribution in [1.29, 1.82) is 0 Å². The second-order valence-corrected chi connectivity index (χ2v) is 15.6. The number of fused-ring (bicyclic) bond motifs is 2. The molecule has 0 heteroatoms. The van der Waals surface area contributed by atoms with E-state index in [4.69, 9.17) is 0 Å². The first-order chi connectivity index (χ1) is 19.9. The average molecular weight is 499 g/mol. The van der Waals surface area contributed by atoms with Crippen LogP contribution in [0.15, 0.2) is 18.2 Å². The monoisotopic (exact) mass is 498 g/mol. The van der Waals surface area contributed by atoms with E-state index in [1.54, 1.807) is 119 Å². The normalized spacial score (nSPS) is 33.8. The molecule has 17 rings (SSSR count). The van der Waals surface area contributed by atoms with E-state index < -0.39 is 0 Å². The zero-order valence-corrected chi connectivity index (χ0v) is 21.5. The minimum absolute atomic E-state index is 0.606. The predicted molar refractivity (Wildman–Crippen MR) is 162 cm³/mol. The predicted octanol–water partition coefficient (Wildman–Crippen LogP) is 6.63. The average Bonchev–Trinajstić information content (AvgIpc) is 3.78. The maximum atomic E-state index is 2.78. The SMILES string of the molecule is C1=c2cc3cc4c5c6c7c8c9c%10c%11c(cc%12c%13c%14c%15c(c%16c(c2C%15C1C%14C%12)c3c5c8%16)c9c%13%11)=CC1CC(C6C4)C7C=%101. The lowest BCUT2D eigenvalue weighted by molar-refractivity contribution is 0.440. The summed E-state index contributed by atoms with van der Waals surface area (Å²) < 4.78 is 0. The number of hydrogen-bond acceptors (Lipinski definition) is 0. The minimum atomic E-state index is 0.606. The van der Waals surface area contributed by atoms with Gasteiger partial charge in [-0.05, 0) is 185 Å². The van der Waals surface area contributed by atoms with Crippen molar-refractivity contribution in [3.05, 3.63) is 72.8 Å². The highest BCUT2D eigenvalue weighted by atomic mass is 14.6. The molecule has 0 aliphatic heterocycles. The van der Waals surface area contributed by atoms with Crippen LogP contribution in [0.3, 0.4) is 0 Å². The molecule has 0 amide bonds. The molecule has 0 N–H and O–H groups in total. The molecule has 0 bridgehead atoms. The summed E-state index contributed by atoms with van der Waals surface area (Å²) in [5, 5.41) is 28.9. The lowest BCUT2D eigenvalue weighted by Gasteiger charge is -2.26. The molecule has 0 aromatic heterocycles.